The molecule has 0 bridgehead atoms. The zero-order valence-corrected chi connectivity index (χ0v) is 16.4. The van der Waals surface area contributed by atoms with Crippen molar-refractivity contribution in [3.8, 4) is 0 Å². The molecule has 6 N–H and O–H groups in total. The average molecular weight is 427 g/mol. The molecule has 0 radical (unpaired) electrons. The van der Waals surface area contributed by atoms with Crippen LogP contribution in [0.5, 0.6) is 0 Å². The van der Waals surface area contributed by atoms with Crippen LogP contribution >= 0.6 is 11.8 Å². The Hall–Kier alpha value is -1.69. The molecule has 29 heavy (non-hydrogen) atoms. The highest BCUT2D eigenvalue weighted by Gasteiger charge is 2.45. The van der Waals surface area contributed by atoms with Gasteiger partial charge in [-0.3, -0.25) is 4.79 Å². The van der Waals surface area contributed by atoms with Crippen molar-refractivity contribution in [1.29, 1.82) is 0 Å². The molecular formula is C19H25NO8S. The molecule has 1 aromatic rings. The maximum atomic E-state index is 12.7. The molecule has 1 heterocycles. The van der Waals surface area contributed by atoms with Gasteiger partial charge in [-0.25, -0.2) is 4.79 Å². The number of aromatic carboxylic acids is 1. The summed E-state index contributed by atoms with van der Waals surface area (Å²) in [4.78, 5) is 24.0. The van der Waals surface area contributed by atoms with Gasteiger partial charge >= 0.3 is 5.97 Å². The second-order valence-corrected chi connectivity index (χ2v) is 8.58. The van der Waals surface area contributed by atoms with Crippen LogP contribution in [0.3, 0.4) is 0 Å². The van der Waals surface area contributed by atoms with Crippen LogP contribution in [-0.2, 0) is 4.74 Å². The van der Waals surface area contributed by atoms with Gasteiger partial charge in [-0.05, 0) is 25.0 Å². The normalized spacial score (nSPS) is 34.7. The van der Waals surface area contributed by atoms with Gasteiger partial charge in [0.1, 0.15) is 29.9 Å². The molecule has 3 unspecified atom stereocenters. The first kappa shape index (κ1) is 22.0. The molecule has 1 saturated heterocycles. The Labute approximate surface area is 171 Å². The highest BCUT2D eigenvalue weighted by molar-refractivity contribution is 8.00. The van der Waals surface area contributed by atoms with Crippen LogP contribution in [0.15, 0.2) is 24.3 Å². The van der Waals surface area contributed by atoms with Gasteiger partial charge in [0.05, 0.1) is 17.7 Å². The summed E-state index contributed by atoms with van der Waals surface area (Å²) in [5.74, 6) is -1.68. The van der Waals surface area contributed by atoms with E-state index in [-0.39, 0.29) is 22.4 Å². The molecule has 2 fully saturated rings. The number of carbonyl (C=O) groups is 2. The van der Waals surface area contributed by atoms with Crippen molar-refractivity contribution in [3.05, 3.63) is 35.4 Å². The third-order valence-corrected chi connectivity index (χ3v) is 6.90. The molecule has 1 aliphatic carbocycles. The van der Waals surface area contributed by atoms with E-state index in [0.717, 1.165) is 12.8 Å². The third kappa shape index (κ3) is 4.73. The van der Waals surface area contributed by atoms with Crippen LogP contribution < -0.4 is 5.32 Å². The first-order valence-corrected chi connectivity index (χ1v) is 10.4. The maximum absolute atomic E-state index is 12.7. The van der Waals surface area contributed by atoms with Crippen molar-refractivity contribution in [1.82, 2.24) is 5.32 Å². The predicted octanol–water partition coefficient (Wildman–Crippen LogP) is -0.431. The van der Waals surface area contributed by atoms with Gasteiger partial charge in [0, 0.05) is 11.3 Å². The van der Waals surface area contributed by atoms with Crippen LogP contribution in [0.1, 0.15) is 40.0 Å². The number of carboxylic acid groups (broad SMARTS) is 1. The summed E-state index contributed by atoms with van der Waals surface area (Å²) >= 11 is 1.23. The van der Waals surface area contributed by atoms with Crippen molar-refractivity contribution in [2.24, 2.45) is 0 Å². The Morgan fingerprint density at radius 1 is 1.07 bits per heavy atom. The lowest BCUT2D eigenvalue weighted by Crippen LogP contribution is -2.58. The van der Waals surface area contributed by atoms with Crippen molar-refractivity contribution in [2.75, 3.05) is 6.61 Å². The Balaban J connectivity index is 1.68. The molecule has 1 aliphatic heterocycles. The zero-order chi connectivity index (χ0) is 21.1. The van der Waals surface area contributed by atoms with Gasteiger partial charge in [0.15, 0.2) is 0 Å². The number of amides is 1. The Morgan fingerprint density at radius 2 is 1.76 bits per heavy atom. The Bertz CT molecular complexity index is 745. The molecule has 1 saturated carbocycles. The minimum atomic E-state index is -1.45. The number of aliphatic hydroxyl groups is 4. The predicted molar refractivity (Wildman–Crippen MR) is 104 cm³/mol. The summed E-state index contributed by atoms with van der Waals surface area (Å²) in [5, 5.41) is 51.4. The first-order chi connectivity index (χ1) is 13.8. The molecule has 1 aromatic carbocycles. The second kappa shape index (κ2) is 9.41. The summed E-state index contributed by atoms with van der Waals surface area (Å²) in [7, 11) is 0. The minimum absolute atomic E-state index is 0.0727. The summed E-state index contributed by atoms with van der Waals surface area (Å²) < 4.78 is 5.54. The van der Waals surface area contributed by atoms with Crippen molar-refractivity contribution >= 4 is 23.6 Å². The molecule has 3 rings (SSSR count). The number of hydrogen-bond donors (Lipinski definition) is 6. The lowest BCUT2D eigenvalue weighted by Gasteiger charge is -2.41. The van der Waals surface area contributed by atoms with Gasteiger partial charge in [0.2, 0.25) is 0 Å². The van der Waals surface area contributed by atoms with Crippen molar-refractivity contribution in [3.63, 3.8) is 0 Å². The van der Waals surface area contributed by atoms with Crippen molar-refractivity contribution < 1.29 is 39.9 Å². The van der Waals surface area contributed by atoms with E-state index in [9.17, 15) is 35.1 Å². The lowest BCUT2D eigenvalue weighted by atomic mass is 10.0. The standard InChI is InChI=1S/C19H25NO8S/c21-8-12-14(22)15(23)16(24)19(28-12)29-13-7-3-6-11(13)20-17(25)9-4-1-2-5-10(9)18(26)27/h1-2,4-5,11-16,19,21-24H,3,6-8H2,(H,20,25)(H,26,27)/t11?,12-,13?,14+,15+,16-,19?/m1/s1. The highest BCUT2D eigenvalue weighted by atomic mass is 32.2. The average Bonchev–Trinajstić information content (AvgIpc) is 3.14. The molecule has 9 nitrogen and oxygen atoms in total. The van der Waals surface area contributed by atoms with Gasteiger partial charge < -0.3 is 35.6 Å². The smallest absolute Gasteiger partial charge is 0.336 e. The largest absolute Gasteiger partial charge is 0.478 e. The van der Waals surface area contributed by atoms with Gasteiger partial charge in [-0.15, -0.1) is 11.8 Å². The topological polar surface area (TPSA) is 157 Å². The molecule has 1 amide bonds. The van der Waals surface area contributed by atoms with E-state index in [1.165, 1.54) is 23.9 Å². The zero-order valence-electron chi connectivity index (χ0n) is 15.5. The van der Waals surface area contributed by atoms with Crippen LogP contribution in [0.25, 0.3) is 0 Å². The number of thioether (sulfide) groups is 1. The number of carbonyl (C=O) groups excluding carboxylic acids is 1. The van der Waals surface area contributed by atoms with E-state index in [0.29, 0.717) is 6.42 Å². The van der Waals surface area contributed by atoms with E-state index in [2.05, 4.69) is 5.32 Å². The van der Waals surface area contributed by atoms with Crippen LogP contribution in [0, 0.1) is 0 Å². The fourth-order valence-corrected chi connectivity index (χ4v) is 5.29. The lowest BCUT2D eigenvalue weighted by molar-refractivity contribution is -0.205. The number of nitrogens with one attached hydrogen (secondary N) is 1. The quantitative estimate of drug-likeness (QED) is 0.354. The molecule has 2 aliphatic rings. The fraction of sp³-hybridized carbons (Fsp3) is 0.579. The summed E-state index contributed by atoms with van der Waals surface area (Å²) in [6, 6.07) is 5.69. The van der Waals surface area contributed by atoms with E-state index in [1.54, 1.807) is 12.1 Å². The minimum Gasteiger partial charge on any atom is -0.478 e. The summed E-state index contributed by atoms with van der Waals surface area (Å²) in [6.07, 6.45) is -2.97. The molecule has 10 heteroatoms. The molecule has 0 aromatic heterocycles. The van der Waals surface area contributed by atoms with E-state index in [1.807, 2.05) is 0 Å². The van der Waals surface area contributed by atoms with Crippen molar-refractivity contribution in [2.45, 2.75) is 60.4 Å². The van der Waals surface area contributed by atoms with E-state index in [4.69, 9.17) is 4.74 Å². The second-order valence-electron chi connectivity index (χ2n) is 7.23. The summed E-state index contributed by atoms with van der Waals surface area (Å²) in [6.45, 7) is -0.501. The number of rotatable bonds is 6. The number of hydrogen-bond acceptors (Lipinski definition) is 8. The van der Waals surface area contributed by atoms with Gasteiger partial charge in [-0.1, -0.05) is 18.6 Å². The van der Waals surface area contributed by atoms with Gasteiger partial charge in [-0.2, -0.15) is 0 Å². The third-order valence-electron chi connectivity index (χ3n) is 5.33. The first-order valence-electron chi connectivity index (χ1n) is 9.42. The Morgan fingerprint density at radius 3 is 2.41 bits per heavy atom. The Kier molecular flexibility index (Phi) is 7.14. The number of aliphatic hydroxyl groups excluding tert-OH is 4. The molecule has 7 atom stereocenters. The number of benzene rings is 1. The van der Waals surface area contributed by atoms with Crippen LogP contribution in [-0.4, -0.2) is 85.2 Å². The molecular weight excluding hydrogens is 402 g/mol. The highest BCUT2D eigenvalue weighted by Crippen LogP contribution is 2.38. The van der Waals surface area contributed by atoms with E-state index < -0.39 is 48.3 Å². The van der Waals surface area contributed by atoms with E-state index >= 15 is 0 Å². The number of ether oxygens (including phenoxy) is 1. The monoisotopic (exact) mass is 427 g/mol. The number of carboxylic acids is 1. The van der Waals surface area contributed by atoms with Gasteiger partial charge in [0.25, 0.3) is 5.91 Å². The summed E-state index contributed by atoms with van der Waals surface area (Å²) in [5.41, 5.74) is -0.885. The molecule has 0 spiro atoms. The molecule has 160 valence electrons. The SMILES string of the molecule is O=C(O)c1ccccc1C(=O)NC1CCCC1SC1O[C@H](CO)[C@H](O)[C@H](O)[C@H]1O. The van der Waals surface area contributed by atoms with Crippen LogP contribution in [0.2, 0.25) is 0 Å². The van der Waals surface area contributed by atoms with Crippen LogP contribution in [0.4, 0.5) is 0 Å². The maximum Gasteiger partial charge on any atom is 0.336 e. The fourth-order valence-electron chi connectivity index (χ4n) is 3.72.